The Hall–Kier alpha value is -2.57. The molecule has 2 aromatic carbocycles. The van der Waals surface area contributed by atoms with E-state index >= 15 is 0 Å². The van der Waals surface area contributed by atoms with Gasteiger partial charge in [-0.3, -0.25) is 4.79 Å². The molecule has 0 saturated carbocycles. The van der Waals surface area contributed by atoms with Crippen molar-refractivity contribution in [3.63, 3.8) is 0 Å². The summed E-state index contributed by atoms with van der Waals surface area (Å²) in [6.45, 7) is -0.0861. The van der Waals surface area contributed by atoms with Crippen LogP contribution in [0.2, 0.25) is 0 Å². The van der Waals surface area contributed by atoms with Gasteiger partial charge in [-0.05, 0) is 61.1 Å². The molecular weight excluding hydrogens is 352 g/mol. The van der Waals surface area contributed by atoms with Crippen LogP contribution in [0.3, 0.4) is 0 Å². The average Bonchev–Trinajstić information content (AvgIpc) is 2.62. The smallest absolute Gasteiger partial charge is 0.323 e. The molecule has 0 unspecified atom stereocenters. The Kier molecular flexibility index (Phi) is 7.00. The maximum Gasteiger partial charge on any atom is 0.323 e. The van der Waals surface area contributed by atoms with Crippen molar-refractivity contribution in [2.75, 3.05) is 22.5 Å². The van der Waals surface area contributed by atoms with Crippen molar-refractivity contribution in [2.24, 2.45) is 5.73 Å². The van der Waals surface area contributed by atoms with Crippen molar-refractivity contribution in [3.05, 3.63) is 53.6 Å². The van der Waals surface area contributed by atoms with Crippen LogP contribution < -0.4 is 21.7 Å². The minimum absolute atomic E-state index is 0. The average molecular weight is 375 g/mol. The second-order valence-corrected chi connectivity index (χ2v) is 6.06. The molecule has 0 bridgehead atoms. The Morgan fingerprint density at radius 3 is 2.38 bits per heavy atom. The Morgan fingerprint density at radius 2 is 1.62 bits per heavy atom. The van der Waals surface area contributed by atoms with E-state index in [0.29, 0.717) is 11.4 Å². The van der Waals surface area contributed by atoms with Gasteiger partial charge in [0.25, 0.3) is 0 Å². The van der Waals surface area contributed by atoms with Gasteiger partial charge >= 0.3 is 6.03 Å². The van der Waals surface area contributed by atoms with Crippen LogP contribution >= 0.6 is 12.4 Å². The zero-order valence-electron chi connectivity index (χ0n) is 14.4. The molecule has 1 aliphatic carbocycles. The van der Waals surface area contributed by atoms with Gasteiger partial charge in [-0.15, -0.1) is 12.4 Å². The predicted molar refractivity (Wildman–Crippen MR) is 107 cm³/mol. The molecule has 7 heteroatoms. The van der Waals surface area contributed by atoms with E-state index in [1.165, 1.54) is 17.5 Å². The number of anilines is 3. The lowest BCUT2D eigenvalue weighted by Gasteiger charge is -2.19. The van der Waals surface area contributed by atoms with Gasteiger partial charge in [0, 0.05) is 17.1 Å². The number of rotatable bonds is 4. The van der Waals surface area contributed by atoms with Crippen LogP contribution in [0.25, 0.3) is 0 Å². The van der Waals surface area contributed by atoms with Crippen LogP contribution in [-0.2, 0) is 17.6 Å². The SMILES string of the molecule is Cl.NCC(=O)Nc1cccc(NC(=O)Nc2cccc3c2CCCC3)c1. The minimum Gasteiger partial charge on any atom is -0.325 e. The molecule has 0 heterocycles. The van der Waals surface area contributed by atoms with Crippen molar-refractivity contribution in [2.45, 2.75) is 25.7 Å². The van der Waals surface area contributed by atoms with E-state index in [0.717, 1.165) is 24.9 Å². The molecule has 0 aliphatic heterocycles. The molecule has 3 amide bonds. The quantitative estimate of drug-likeness (QED) is 0.659. The number of hydrogen-bond donors (Lipinski definition) is 4. The lowest BCUT2D eigenvalue weighted by atomic mass is 9.90. The molecule has 138 valence electrons. The summed E-state index contributed by atoms with van der Waals surface area (Å²) in [6.07, 6.45) is 4.40. The zero-order valence-corrected chi connectivity index (χ0v) is 15.2. The van der Waals surface area contributed by atoms with Crippen LogP contribution in [0.15, 0.2) is 42.5 Å². The molecule has 5 N–H and O–H groups in total. The van der Waals surface area contributed by atoms with Crippen molar-refractivity contribution >= 4 is 41.4 Å². The fourth-order valence-electron chi connectivity index (χ4n) is 3.07. The van der Waals surface area contributed by atoms with Gasteiger partial charge in [0.05, 0.1) is 6.54 Å². The normalized spacial score (nSPS) is 12.3. The number of nitrogens with one attached hydrogen (secondary N) is 3. The molecule has 26 heavy (non-hydrogen) atoms. The topological polar surface area (TPSA) is 96.2 Å². The summed E-state index contributed by atoms with van der Waals surface area (Å²) in [5, 5.41) is 8.39. The van der Waals surface area contributed by atoms with Crippen LogP contribution in [-0.4, -0.2) is 18.5 Å². The maximum atomic E-state index is 12.3. The number of amides is 3. The van der Waals surface area contributed by atoms with Crippen LogP contribution in [0.5, 0.6) is 0 Å². The van der Waals surface area contributed by atoms with Gasteiger partial charge < -0.3 is 21.7 Å². The predicted octanol–water partition coefficient (Wildman–Crippen LogP) is 3.53. The summed E-state index contributed by atoms with van der Waals surface area (Å²) in [4.78, 5) is 23.7. The van der Waals surface area contributed by atoms with Gasteiger partial charge in [0.15, 0.2) is 0 Å². The third-order valence-corrected chi connectivity index (χ3v) is 4.23. The molecule has 3 rings (SSSR count). The standard InChI is InChI=1S/C19H22N4O2.ClH/c20-12-18(24)21-14-7-4-8-15(11-14)22-19(25)23-17-10-3-6-13-5-1-2-9-16(13)17;/h3-4,6-8,10-11H,1-2,5,9,12,20H2,(H,21,24)(H2,22,23,25);1H. The molecule has 0 spiro atoms. The van der Waals surface area contributed by atoms with E-state index in [4.69, 9.17) is 5.73 Å². The van der Waals surface area contributed by atoms with E-state index in [-0.39, 0.29) is 30.9 Å². The van der Waals surface area contributed by atoms with Gasteiger partial charge in [0.2, 0.25) is 5.91 Å². The number of aryl methyl sites for hydroxylation is 1. The first kappa shape index (κ1) is 19.8. The maximum absolute atomic E-state index is 12.3. The van der Waals surface area contributed by atoms with E-state index in [9.17, 15) is 9.59 Å². The second kappa shape index (κ2) is 9.22. The van der Waals surface area contributed by atoms with Crippen LogP contribution in [0.4, 0.5) is 21.9 Å². The van der Waals surface area contributed by atoms with Crippen molar-refractivity contribution in [1.82, 2.24) is 0 Å². The highest BCUT2D eigenvalue weighted by Gasteiger charge is 2.14. The largest absolute Gasteiger partial charge is 0.325 e. The van der Waals surface area contributed by atoms with Gasteiger partial charge in [-0.2, -0.15) is 0 Å². The minimum atomic E-state index is -0.304. The van der Waals surface area contributed by atoms with Crippen molar-refractivity contribution in [3.8, 4) is 0 Å². The molecule has 1 aliphatic rings. The molecule has 2 aromatic rings. The van der Waals surface area contributed by atoms with Crippen LogP contribution in [0.1, 0.15) is 24.0 Å². The monoisotopic (exact) mass is 374 g/mol. The first-order valence-corrected chi connectivity index (χ1v) is 8.44. The van der Waals surface area contributed by atoms with Crippen molar-refractivity contribution in [1.29, 1.82) is 0 Å². The second-order valence-electron chi connectivity index (χ2n) is 6.06. The molecule has 6 nitrogen and oxygen atoms in total. The fraction of sp³-hybridized carbons (Fsp3) is 0.263. The van der Waals surface area contributed by atoms with Gasteiger partial charge in [-0.25, -0.2) is 4.79 Å². The third-order valence-electron chi connectivity index (χ3n) is 4.23. The molecular formula is C19H23ClN4O2. The molecule has 0 fully saturated rings. The molecule has 0 aromatic heterocycles. The first-order valence-electron chi connectivity index (χ1n) is 8.44. The summed E-state index contributed by atoms with van der Waals surface area (Å²) in [5.41, 5.74) is 9.88. The van der Waals surface area contributed by atoms with E-state index in [1.807, 2.05) is 12.1 Å². The highest BCUT2D eigenvalue weighted by Crippen LogP contribution is 2.28. The number of halogens is 1. The van der Waals surface area contributed by atoms with Crippen LogP contribution in [0, 0.1) is 0 Å². The number of nitrogens with two attached hydrogens (primary N) is 1. The van der Waals surface area contributed by atoms with Gasteiger partial charge in [-0.1, -0.05) is 18.2 Å². The lowest BCUT2D eigenvalue weighted by molar-refractivity contribution is -0.114. The van der Waals surface area contributed by atoms with E-state index in [2.05, 4.69) is 22.0 Å². The lowest BCUT2D eigenvalue weighted by Crippen LogP contribution is -2.22. The number of hydrogen-bond acceptors (Lipinski definition) is 3. The molecule has 0 atom stereocenters. The number of fused-ring (bicyclic) bond motifs is 1. The number of carbonyl (C=O) groups excluding carboxylic acids is 2. The fourth-order valence-corrected chi connectivity index (χ4v) is 3.07. The Bertz CT molecular complexity index is 795. The summed E-state index contributed by atoms with van der Waals surface area (Å²) >= 11 is 0. The summed E-state index contributed by atoms with van der Waals surface area (Å²) < 4.78 is 0. The Labute approximate surface area is 159 Å². The first-order chi connectivity index (χ1) is 12.2. The number of carbonyl (C=O) groups is 2. The van der Waals surface area contributed by atoms with E-state index < -0.39 is 0 Å². The van der Waals surface area contributed by atoms with Crippen molar-refractivity contribution < 1.29 is 9.59 Å². The van der Waals surface area contributed by atoms with E-state index in [1.54, 1.807) is 24.3 Å². The highest BCUT2D eigenvalue weighted by atomic mass is 35.5. The Balaban J connectivity index is 0.00000243. The van der Waals surface area contributed by atoms with Gasteiger partial charge in [0.1, 0.15) is 0 Å². The summed E-state index contributed by atoms with van der Waals surface area (Å²) in [6, 6.07) is 12.7. The summed E-state index contributed by atoms with van der Waals surface area (Å²) in [5.74, 6) is -0.280. The molecule has 0 saturated heterocycles. The third kappa shape index (κ3) is 4.97. The molecule has 0 radical (unpaired) electrons. The Morgan fingerprint density at radius 1 is 0.923 bits per heavy atom. The highest BCUT2D eigenvalue weighted by molar-refractivity contribution is 6.01. The number of benzene rings is 2. The number of urea groups is 1. The summed E-state index contributed by atoms with van der Waals surface area (Å²) in [7, 11) is 0. The zero-order chi connectivity index (χ0) is 17.6.